The first kappa shape index (κ1) is 23.0. The molecule has 0 atom stereocenters. The van der Waals surface area contributed by atoms with Crippen molar-refractivity contribution in [1.29, 1.82) is 0 Å². The Bertz CT molecular complexity index is 1460. The van der Waals surface area contributed by atoms with Crippen molar-refractivity contribution in [3.05, 3.63) is 69.6 Å². The van der Waals surface area contributed by atoms with E-state index in [2.05, 4.69) is 0 Å². The van der Waals surface area contributed by atoms with Crippen LogP contribution in [0.2, 0.25) is 0 Å². The SMILES string of the molecule is CCOC(=O)c1c(CCc2ccc(F)cc2)nc2c3n(c(O)c2c1-c1ccc(C(=O)O)s1)CCC3. The average molecular weight is 495 g/mol. The van der Waals surface area contributed by atoms with Crippen molar-refractivity contribution >= 4 is 34.2 Å². The minimum atomic E-state index is -1.07. The molecule has 1 aromatic carbocycles. The van der Waals surface area contributed by atoms with Crippen LogP contribution >= 0.6 is 11.3 Å². The van der Waals surface area contributed by atoms with Gasteiger partial charge in [0.25, 0.3) is 0 Å². The zero-order valence-corrected chi connectivity index (χ0v) is 19.8. The van der Waals surface area contributed by atoms with Gasteiger partial charge in [0.15, 0.2) is 0 Å². The lowest BCUT2D eigenvalue weighted by Gasteiger charge is -2.15. The van der Waals surface area contributed by atoms with Gasteiger partial charge in [-0.1, -0.05) is 12.1 Å². The lowest BCUT2D eigenvalue weighted by atomic mass is 9.96. The summed E-state index contributed by atoms with van der Waals surface area (Å²) in [5.74, 6) is -1.95. The molecule has 0 spiro atoms. The van der Waals surface area contributed by atoms with Crippen LogP contribution in [0.5, 0.6) is 5.88 Å². The summed E-state index contributed by atoms with van der Waals surface area (Å²) in [5, 5.41) is 21.1. The van der Waals surface area contributed by atoms with E-state index in [4.69, 9.17) is 9.72 Å². The number of nitrogens with zero attached hydrogens (tertiary/aromatic N) is 2. The zero-order valence-electron chi connectivity index (χ0n) is 19.0. The maximum absolute atomic E-state index is 13.4. The molecule has 1 aliphatic rings. The largest absolute Gasteiger partial charge is 0.494 e. The van der Waals surface area contributed by atoms with Gasteiger partial charge in [-0.25, -0.2) is 19.0 Å². The molecule has 7 nitrogen and oxygen atoms in total. The fraction of sp³-hybridized carbons (Fsp3) is 0.269. The molecule has 0 radical (unpaired) electrons. The van der Waals surface area contributed by atoms with Crippen LogP contribution < -0.4 is 0 Å². The van der Waals surface area contributed by atoms with Crippen molar-refractivity contribution in [2.24, 2.45) is 0 Å². The average Bonchev–Trinajstić information content (AvgIpc) is 3.57. The number of fused-ring (bicyclic) bond motifs is 3. The van der Waals surface area contributed by atoms with E-state index in [0.29, 0.717) is 46.4 Å². The fourth-order valence-electron chi connectivity index (χ4n) is 4.70. The molecule has 4 aromatic rings. The van der Waals surface area contributed by atoms with E-state index in [1.807, 2.05) is 4.57 Å². The highest BCUT2D eigenvalue weighted by molar-refractivity contribution is 7.17. The van der Waals surface area contributed by atoms with E-state index < -0.39 is 11.9 Å². The normalized spacial score (nSPS) is 12.7. The number of carboxylic acids is 1. The van der Waals surface area contributed by atoms with Crippen LogP contribution in [0.4, 0.5) is 4.39 Å². The third kappa shape index (κ3) is 4.05. The Labute approximate surface area is 204 Å². The zero-order chi connectivity index (χ0) is 24.7. The molecular formula is C26H23FN2O5S. The van der Waals surface area contributed by atoms with Gasteiger partial charge in [-0.15, -0.1) is 11.3 Å². The van der Waals surface area contributed by atoms with E-state index in [1.54, 1.807) is 25.1 Å². The summed E-state index contributed by atoms with van der Waals surface area (Å²) in [7, 11) is 0. The molecular weight excluding hydrogens is 471 g/mol. The number of benzene rings is 1. The van der Waals surface area contributed by atoms with Crippen LogP contribution in [0.3, 0.4) is 0 Å². The molecule has 180 valence electrons. The maximum atomic E-state index is 13.4. The Morgan fingerprint density at radius 2 is 1.94 bits per heavy atom. The number of thiophene rings is 1. The van der Waals surface area contributed by atoms with Gasteiger partial charge < -0.3 is 19.5 Å². The number of carbonyl (C=O) groups is 2. The molecule has 9 heteroatoms. The van der Waals surface area contributed by atoms with E-state index in [9.17, 15) is 24.2 Å². The summed E-state index contributed by atoms with van der Waals surface area (Å²) in [5.41, 5.74) is 3.56. The molecule has 0 aliphatic carbocycles. The van der Waals surface area contributed by atoms with Crippen molar-refractivity contribution in [3.63, 3.8) is 0 Å². The number of hydrogen-bond acceptors (Lipinski definition) is 6. The molecule has 2 N–H and O–H groups in total. The second-order valence-corrected chi connectivity index (χ2v) is 9.46. The number of halogens is 1. The number of rotatable bonds is 7. The first-order valence-electron chi connectivity index (χ1n) is 11.4. The monoisotopic (exact) mass is 494 g/mol. The summed E-state index contributed by atoms with van der Waals surface area (Å²) in [6.45, 7) is 2.50. The number of carbonyl (C=O) groups excluding carboxylic acids is 1. The molecule has 0 fully saturated rings. The summed E-state index contributed by atoms with van der Waals surface area (Å²) in [6.07, 6.45) is 2.51. The number of ether oxygens (including phenoxy) is 1. The molecule has 4 heterocycles. The standard InChI is InChI=1S/C26H23FN2O5S/c1-2-34-26(33)20-16(10-7-14-5-8-15(27)9-6-14)28-23-17-4-3-13-29(17)24(30)22(23)21(20)18-11-12-19(35-18)25(31)32/h5-6,8-9,11-12,30H,2-4,7,10,13H2,1H3,(H,31,32). The number of aryl methyl sites for hydroxylation is 3. The first-order valence-corrected chi connectivity index (χ1v) is 12.2. The highest BCUT2D eigenvalue weighted by Gasteiger charge is 2.31. The van der Waals surface area contributed by atoms with Crippen molar-refractivity contribution in [2.45, 2.75) is 39.2 Å². The van der Waals surface area contributed by atoms with Gasteiger partial charge in [0, 0.05) is 22.7 Å². The lowest BCUT2D eigenvalue weighted by molar-refractivity contribution is 0.0525. The van der Waals surface area contributed by atoms with Crippen LogP contribution in [0, 0.1) is 5.82 Å². The van der Waals surface area contributed by atoms with E-state index in [-0.39, 0.29) is 28.7 Å². The summed E-state index contributed by atoms with van der Waals surface area (Å²) in [6, 6.07) is 9.31. The molecule has 5 rings (SSSR count). The van der Waals surface area contributed by atoms with Crippen LogP contribution in [0.1, 0.15) is 50.3 Å². The first-order chi connectivity index (χ1) is 16.9. The number of pyridine rings is 1. The smallest absolute Gasteiger partial charge is 0.345 e. The maximum Gasteiger partial charge on any atom is 0.345 e. The molecule has 1 aliphatic heterocycles. The highest BCUT2D eigenvalue weighted by atomic mass is 32.1. The minimum absolute atomic E-state index is 0.0240. The molecule has 0 saturated heterocycles. The Kier molecular flexibility index (Phi) is 6.02. The Morgan fingerprint density at radius 3 is 2.63 bits per heavy atom. The van der Waals surface area contributed by atoms with Gasteiger partial charge >= 0.3 is 11.9 Å². The van der Waals surface area contributed by atoms with Crippen LogP contribution in [-0.4, -0.2) is 38.3 Å². The topological polar surface area (TPSA) is 102 Å². The number of aromatic nitrogens is 2. The predicted octanol–water partition coefficient (Wildman–Crippen LogP) is 5.22. The Morgan fingerprint density at radius 1 is 1.17 bits per heavy atom. The van der Waals surface area contributed by atoms with Gasteiger partial charge in [-0.2, -0.15) is 0 Å². The van der Waals surface area contributed by atoms with Crippen LogP contribution in [0.25, 0.3) is 21.3 Å². The summed E-state index contributed by atoms with van der Waals surface area (Å²) in [4.78, 5) is 30.4. The van der Waals surface area contributed by atoms with Gasteiger partial charge in [0.2, 0.25) is 5.88 Å². The van der Waals surface area contributed by atoms with E-state index >= 15 is 0 Å². The van der Waals surface area contributed by atoms with Gasteiger partial charge in [0.05, 0.1) is 28.8 Å². The number of esters is 1. The number of aromatic hydroxyl groups is 1. The van der Waals surface area contributed by atoms with Crippen molar-refractivity contribution in [1.82, 2.24) is 9.55 Å². The number of carboxylic acid groups (broad SMARTS) is 1. The van der Waals surface area contributed by atoms with Gasteiger partial charge in [-0.3, -0.25) is 0 Å². The molecule has 35 heavy (non-hydrogen) atoms. The predicted molar refractivity (Wildman–Crippen MR) is 130 cm³/mol. The second kappa shape index (κ2) is 9.14. The quantitative estimate of drug-likeness (QED) is 0.342. The Balaban J connectivity index is 1.75. The van der Waals surface area contributed by atoms with Crippen LogP contribution in [0.15, 0.2) is 36.4 Å². The lowest BCUT2D eigenvalue weighted by Crippen LogP contribution is -2.13. The molecule has 3 aromatic heterocycles. The van der Waals surface area contributed by atoms with E-state index in [1.165, 1.54) is 18.2 Å². The minimum Gasteiger partial charge on any atom is -0.494 e. The third-order valence-corrected chi connectivity index (χ3v) is 7.34. The highest BCUT2D eigenvalue weighted by Crippen LogP contribution is 2.45. The van der Waals surface area contributed by atoms with E-state index in [0.717, 1.165) is 35.4 Å². The van der Waals surface area contributed by atoms with Gasteiger partial charge in [-0.05, 0) is 62.4 Å². The van der Waals surface area contributed by atoms with Crippen LogP contribution in [-0.2, 0) is 30.5 Å². The fourth-order valence-corrected chi connectivity index (χ4v) is 5.60. The van der Waals surface area contributed by atoms with Crippen molar-refractivity contribution in [2.75, 3.05) is 6.61 Å². The molecule has 0 amide bonds. The van der Waals surface area contributed by atoms with Crippen molar-refractivity contribution in [3.8, 4) is 16.3 Å². The number of aromatic carboxylic acids is 1. The summed E-state index contributed by atoms with van der Waals surface area (Å²) < 4.78 is 20.6. The summed E-state index contributed by atoms with van der Waals surface area (Å²) >= 11 is 1.04. The molecule has 0 bridgehead atoms. The van der Waals surface area contributed by atoms with Crippen molar-refractivity contribution < 1.29 is 28.9 Å². The molecule has 0 saturated carbocycles. The second-order valence-electron chi connectivity index (χ2n) is 8.37. The Hall–Kier alpha value is -3.72. The third-order valence-electron chi connectivity index (χ3n) is 6.25. The number of hydrogen-bond donors (Lipinski definition) is 2. The van der Waals surface area contributed by atoms with Gasteiger partial charge in [0.1, 0.15) is 10.7 Å². The molecule has 0 unspecified atom stereocenters.